The fourth-order valence-corrected chi connectivity index (χ4v) is 4.24. The lowest BCUT2D eigenvalue weighted by molar-refractivity contribution is -0.148. The minimum atomic E-state index is -1.00. The molecule has 1 unspecified atom stereocenters. The third-order valence-electron chi connectivity index (χ3n) is 5.05. The zero-order chi connectivity index (χ0) is 19.5. The SMILES string of the molecule is CSCCC1NC2(CCN(C(=O)CC(C)(C)C)CC2)N(CC(=O)O)C1=O. The summed E-state index contributed by atoms with van der Waals surface area (Å²) in [5.41, 5.74) is -0.705. The molecule has 0 aliphatic carbocycles. The molecule has 8 heteroatoms. The van der Waals surface area contributed by atoms with Crippen molar-refractivity contribution in [1.82, 2.24) is 15.1 Å². The topological polar surface area (TPSA) is 90.0 Å². The van der Waals surface area contributed by atoms with Gasteiger partial charge in [0, 0.05) is 32.4 Å². The Morgan fingerprint density at radius 3 is 2.42 bits per heavy atom. The second-order valence-corrected chi connectivity index (χ2v) is 9.43. The van der Waals surface area contributed by atoms with Crippen LogP contribution in [0.4, 0.5) is 0 Å². The molecule has 0 aromatic carbocycles. The van der Waals surface area contributed by atoms with E-state index in [1.54, 1.807) is 11.8 Å². The van der Waals surface area contributed by atoms with Gasteiger partial charge in [-0.15, -0.1) is 0 Å². The minimum absolute atomic E-state index is 0.0634. The quantitative estimate of drug-likeness (QED) is 0.718. The molecule has 2 N–H and O–H groups in total. The molecular weight excluding hydrogens is 354 g/mol. The Labute approximate surface area is 159 Å². The van der Waals surface area contributed by atoms with Crippen LogP contribution in [-0.4, -0.2) is 76.0 Å². The number of nitrogens with zero attached hydrogens (tertiary/aromatic N) is 2. The van der Waals surface area contributed by atoms with Crippen molar-refractivity contribution in [2.75, 3.05) is 31.6 Å². The average Bonchev–Trinajstić information content (AvgIpc) is 2.77. The summed E-state index contributed by atoms with van der Waals surface area (Å²) in [7, 11) is 0. The van der Waals surface area contributed by atoms with E-state index >= 15 is 0 Å². The second-order valence-electron chi connectivity index (χ2n) is 8.45. The van der Waals surface area contributed by atoms with E-state index in [-0.39, 0.29) is 29.8 Å². The predicted octanol–water partition coefficient (Wildman–Crippen LogP) is 1.38. The Hall–Kier alpha value is -1.28. The van der Waals surface area contributed by atoms with Gasteiger partial charge in [0.2, 0.25) is 11.8 Å². The number of aliphatic carboxylic acids is 1. The van der Waals surface area contributed by atoms with E-state index in [0.717, 1.165) is 5.75 Å². The van der Waals surface area contributed by atoms with Gasteiger partial charge in [-0.05, 0) is 23.8 Å². The van der Waals surface area contributed by atoms with Gasteiger partial charge in [0.25, 0.3) is 0 Å². The van der Waals surface area contributed by atoms with E-state index in [0.29, 0.717) is 38.8 Å². The standard InChI is InChI=1S/C18H31N3O4S/c1-17(2,3)11-14(22)20-8-6-18(7-9-20)19-13(5-10-26-4)16(25)21(18)12-15(23)24/h13,19H,5-12H2,1-4H3,(H,23,24). The first-order valence-electron chi connectivity index (χ1n) is 9.16. The van der Waals surface area contributed by atoms with Crippen molar-refractivity contribution < 1.29 is 19.5 Å². The molecule has 0 aromatic rings. The van der Waals surface area contributed by atoms with E-state index in [4.69, 9.17) is 0 Å². The maximum atomic E-state index is 12.7. The molecule has 1 spiro atoms. The zero-order valence-electron chi connectivity index (χ0n) is 16.2. The molecule has 2 saturated heterocycles. The molecule has 2 aliphatic rings. The molecule has 2 fully saturated rings. The molecule has 2 amide bonds. The Kier molecular flexibility index (Phi) is 6.60. The van der Waals surface area contributed by atoms with Crippen LogP contribution < -0.4 is 5.32 Å². The highest BCUT2D eigenvalue weighted by molar-refractivity contribution is 7.98. The summed E-state index contributed by atoms with van der Waals surface area (Å²) >= 11 is 1.67. The molecular formula is C18H31N3O4S. The summed E-state index contributed by atoms with van der Waals surface area (Å²) in [5, 5.41) is 12.7. The van der Waals surface area contributed by atoms with Crippen LogP contribution in [0.2, 0.25) is 0 Å². The van der Waals surface area contributed by atoms with Crippen molar-refractivity contribution in [3.63, 3.8) is 0 Å². The lowest BCUT2D eigenvalue weighted by Gasteiger charge is -2.44. The third kappa shape index (κ3) is 4.91. The highest BCUT2D eigenvalue weighted by Gasteiger charge is 2.52. The number of rotatable bonds is 6. The molecule has 0 aromatic heterocycles. The first kappa shape index (κ1) is 21.0. The average molecular weight is 386 g/mol. The summed E-state index contributed by atoms with van der Waals surface area (Å²) in [6.07, 6.45) is 4.30. The summed E-state index contributed by atoms with van der Waals surface area (Å²) < 4.78 is 0. The van der Waals surface area contributed by atoms with Gasteiger partial charge < -0.3 is 14.9 Å². The molecule has 148 valence electrons. The fourth-order valence-electron chi connectivity index (χ4n) is 3.76. The normalized spacial score (nSPS) is 22.9. The Bertz CT molecular complexity index is 553. The Balaban J connectivity index is 2.08. The van der Waals surface area contributed by atoms with Crippen LogP contribution in [0.15, 0.2) is 0 Å². The van der Waals surface area contributed by atoms with E-state index in [1.807, 2.05) is 31.9 Å². The fraction of sp³-hybridized carbons (Fsp3) is 0.833. The summed E-state index contributed by atoms with van der Waals surface area (Å²) in [6, 6.07) is -0.335. The van der Waals surface area contributed by atoms with Crippen molar-refractivity contribution in [2.24, 2.45) is 5.41 Å². The summed E-state index contributed by atoms with van der Waals surface area (Å²) in [6.45, 7) is 6.91. The third-order valence-corrected chi connectivity index (χ3v) is 5.70. The monoisotopic (exact) mass is 385 g/mol. The molecule has 26 heavy (non-hydrogen) atoms. The molecule has 7 nitrogen and oxygen atoms in total. The number of carbonyl (C=O) groups excluding carboxylic acids is 2. The first-order chi connectivity index (χ1) is 12.1. The molecule has 0 bridgehead atoms. The largest absolute Gasteiger partial charge is 0.480 e. The van der Waals surface area contributed by atoms with Crippen LogP contribution in [0.3, 0.4) is 0 Å². The van der Waals surface area contributed by atoms with E-state index in [9.17, 15) is 19.5 Å². The first-order valence-corrected chi connectivity index (χ1v) is 10.5. The maximum absolute atomic E-state index is 12.7. The van der Waals surface area contributed by atoms with Gasteiger partial charge in [0.1, 0.15) is 6.54 Å². The van der Waals surface area contributed by atoms with Gasteiger partial charge in [-0.3, -0.25) is 19.7 Å². The van der Waals surface area contributed by atoms with Gasteiger partial charge >= 0.3 is 5.97 Å². The molecule has 2 rings (SSSR count). The number of carbonyl (C=O) groups is 3. The molecule has 2 aliphatic heterocycles. The number of thioether (sulfide) groups is 1. The van der Waals surface area contributed by atoms with E-state index in [1.165, 1.54) is 4.90 Å². The number of hydrogen-bond acceptors (Lipinski definition) is 5. The van der Waals surface area contributed by atoms with Crippen LogP contribution in [0.25, 0.3) is 0 Å². The number of carboxylic acids is 1. The van der Waals surface area contributed by atoms with Gasteiger partial charge in [-0.2, -0.15) is 11.8 Å². The molecule has 0 radical (unpaired) electrons. The lowest BCUT2D eigenvalue weighted by atomic mass is 9.90. The van der Waals surface area contributed by atoms with Gasteiger partial charge in [0.15, 0.2) is 0 Å². The number of amides is 2. The molecule has 2 heterocycles. The van der Waals surface area contributed by atoms with Crippen molar-refractivity contribution in [3.8, 4) is 0 Å². The van der Waals surface area contributed by atoms with Crippen LogP contribution in [0, 0.1) is 5.41 Å². The van der Waals surface area contributed by atoms with Crippen molar-refractivity contribution in [2.45, 2.75) is 58.2 Å². The van der Waals surface area contributed by atoms with Gasteiger partial charge in [-0.25, -0.2) is 0 Å². The summed E-state index contributed by atoms with van der Waals surface area (Å²) in [4.78, 5) is 39.8. The predicted molar refractivity (Wildman–Crippen MR) is 102 cm³/mol. The van der Waals surface area contributed by atoms with Gasteiger partial charge in [0.05, 0.1) is 11.7 Å². The van der Waals surface area contributed by atoms with Crippen LogP contribution >= 0.6 is 11.8 Å². The minimum Gasteiger partial charge on any atom is -0.480 e. The van der Waals surface area contributed by atoms with Crippen molar-refractivity contribution in [3.05, 3.63) is 0 Å². The molecule has 0 saturated carbocycles. The number of likely N-dealkylation sites (tertiary alicyclic amines) is 1. The summed E-state index contributed by atoms with van der Waals surface area (Å²) in [5.74, 6) is -0.163. The second kappa shape index (κ2) is 8.17. The molecule has 1 atom stereocenters. The Morgan fingerprint density at radius 1 is 1.31 bits per heavy atom. The zero-order valence-corrected chi connectivity index (χ0v) is 17.0. The van der Waals surface area contributed by atoms with Crippen LogP contribution in [0.5, 0.6) is 0 Å². The number of carboxylic acid groups (broad SMARTS) is 1. The number of hydrogen-bond donors (Lipinski definition) is 2. The highest BCUT2D eigenvalue weighted by Crippen LogP contribution is 2.34. The van der Waals surface area contributed by atoms with Crippen LogP contribution in [-0.2, 0) is 14.4 Å². The van der Waals surface area contributed by atoms with Crippen LogP contribution in [0.1, 0.15) is 46.5 Å². The smallest absolute Gasteiger partial charge is 0.323 e. The van der Waals surface area contributed by atoms with E-state index in [2.05, 4.69) is 5.32 Å². The number of nitrogens with one attached hydrogen (secondary N) is 1. The van der Waals surface area contributed by atoms with Crippen molar-refractivity contribution in [1.29, 1.82) is 0 Å². The van der Waals surface area contributed by atoms with Gasteiger partial charge in [-0.1, -0.05) is 20.8 Å². The highest BCUT2D eigenvalue weighted by atomic mass is 32.2. The lowest BCUT2D eigenvalue weighted by Crippen LogP contribution is -2.60. The Morgan fingerprint density at radius 2 is 1.92 bits per heavy atom. The van der Waals surface area contributed by atoms with E-state index < -0.39 is 11.6 Å². The number of piperidine rings is 1. The maximum Gasteiger partial charge on any atom is 0.323 e. The van der Waals surface area contributed by atoms with Crippen molar-refractivity contribution >= 4 is 29.5 Å².